The van der Waals surface area contributed by atoms with E-state index in [4.69, 9.17) is 5.73 Å². The summed E-state index contributed by atoms with van der Waals surface area (Å²) < 4.78 is 15.2. The van der Waals surface area contributed by atoms with Crippen LogP contribution in [0.15, 0.2) is 12.3 Å². The Bertz CT molecular complexity index is 1290. The Balaban J connectivity index is 1.39. The van der Waals surface area contributed by atoms with E-state index in [1.54, 1.807) is 6.20 Å². The normalized spacial score (nSPS) is 18.1. The van der Waals surface area contributed by atoms with Gasteiger partial charge in [-0.2, -0.15) is 5.26 Å². The van der Waals surface area contributed by atoms with Crippen molar-refractivity contribution in [3.8, 4) is 6.07 Å². The number of rotatable bonds is 3. The van der Waals surface area contributed by atoms with Crippen LogP contribution in [0.3, 0.4) is 0 Å². The van der Waals surface area contributed by atoms with Crippen molar-refractivity contribution >= 4 is 39.0 Å². The van der Waals surface area contributed by atoms with Gasteiger partial charge in [-0.3, -0.25) is 4.79 Å². The van der Waals surface area contributed by atoms with Crippen LogP contribution in [0.5, 0.6) is 0 Å². The van der Waals surface area contributed by atoms with Crippen molar-refractivity contribution in [2.75, 3.05) is 36.8 Å². The van der Waals surface area contributed by atoms with E-state index in [-0.39, 0.29) is 17.8 Å². The zero-order valence-corrected chi connectivity index (χ0v) is 19.1. The van der Waals surface area contributed by atoms with Crippen molar-refractivity contribution in [1.82, 2.24) is 20.6 Å². The molecule has 2 aliphatic rings. The number of nitriles is 1. The van der Waals surface area contributed by atoms with Gasteiger partial charge in [0.15, 0.2) is 0 Å². The third kappa shape index (κ3) is 3.87. The number of carbonyl (C=O) groups excluding carboxylic acids is 1. The highest BCUT2D eigenvalue weighted by atomic mass is 32.1. The first kappa shape index (κ1) is 21.6. The standard InChI is InChI=1S/C23H24FN7OS/c1-12-11-28-20-19(26)21(33-23(20)29-12)22(32)30-13-2-3-14-15(8-13)17(24)9-18(16(14)10-25)31-6-4-27-5-7-31/h9,11,13,27H,2-8,26H2,1H3,(H,30,32)/t13-/m0/s1. The lowest BCUT2D eigenvalue weighted by Gasteiger charge is -2.33. The Morgan fingerprint density at radius 3 is 2.94 bits per heavy atom. The number of aryl methyl sites for hydroxylation is 1. The van der Waals surface area contributed by atoms with Gasteiger partial charge in [-0.15, -0.1) is 11.3 Å². The maximum Gasteiger partial charge on any atom is 0.263 e. The Kier molecular flexibility index (Phi) is 5.60. The third-order valence-electron chi connectivity index (χ3n) is 6.34. The lowest BCUT2D eigenvalue weighted by atomic mass is 9.84. The van der Waals surface area contributed by atoms with Crippen molar-refractivity contribution in [3.63, 3.8) is 0 Å². The highest BCUT2D eigenvalue weighted by molar-refractivity contribution is 7.21. The summed E-state index contributed by atoms with van der Waals surface area (Å²) in [6, 6.07) is 3.55. The first-order valence-electron chi connectivity index (χ1n) is 11.0. The predicted octanol–water partition coefficient (Wildman–Crippen LogP) is 2.29. The summed E-state index contributed by atoms with van der Waals surface area (Å²) in [5, 5.41) is 16.1. The smallest absolute Gasteiger partial charge is 0.263 e. The second-order valence-electron chi connectivity index (χ2n) is 8.48. The number of halogens is 1. The summed E-state index contributed by atoms with van der Waals surface area (Å²) in [6.45, 7) is 4.93. The summed E-state index contributed by atoms with van der Waals surface area (Å²) in [4.78, 5) is 24.7. The first-order valence-corrected chi connectivity index (χ1v) is 11.8. The molecule has 10 heteroatoms. The molecule has 5 rings (SSSR count). The average molecular weight is 466 g/mol. The second-order valence-corrected chi connectivity index (χ2v) is 9.48. The molecule has 1 saturated heterocycles. The van der Waals surface area contributed by atoms with Crippen LogP contribution >= 0.6 is 11.3 Å². The number of anilines is 2. The number of hydrogen-bond acceptors (Lipinski definition) is 8. The molecule has 33 heavy (non-hydrogen) atoms. The van der Waals surface area contributed by atoms with Gasteiger partial charge in [0.1, 0.15) is 27.1 Å². The summed E-state index contributed by atoms with van der Waals surface area (Å²) in [5.41, 5.74) is 10.3. The number of carbonyl (C=O) groups is 1. The summed E-state index contributed by atoms with van der Waals surface area (Å²) in [6.07, 6.45) is 3.11. The molecule has 8 nitrogen and oxygen atoms in total. The summed E-state index contributed by atoms with van der Waals surface area (Å²) in [7, 11) is 0. The minimum atomic E-state index is -0.318. The lowest BCUT2D eigenvalue weighted by Crippen LogP contribution is -2.44. The van der Waals surface area contributed by atoms with Crippen LogP contribution in [0.4, 0.5) is 15.8 Å². The van der Waals surface area contributed by atoms with E-state index in [1.807, 2.05) is 6.92 Å². The van der Waals surface area contributed by atoms with Crippen molar-refractivity contribution in [2.45, 2.75) is 32.2 Å². The lowest BCUT2D eigenvalue weighted by molar-refractivity contribution is 0.0938. The number of nitrogen functional groups attached to an aromatic ring is 1. The van der Waals surface area contributed by atoms with Crippen molar-refractivity contribution in [2.24, 2.45) is 0 Å². The monoisotopic (exact) mass is 465 g/mol. The van der Waals surface area contributed by atoms with Gasteiger partial charge in [-0.25, -0.2) is 14.4 Å². The number of amides is 1. The number of thiophene rings is 1. The molecule has 0 unspecified atom stereocenters. The second kappa shape index (κ2) is 8.57. The van der Waals surface area contributed by atoms with E-state index in [9.17, 15) is 10.1 Å². The fourth-order valence-corrected chi connectivity index (χ4v) is 5.69. The minimum absolute atomic E-state index is 0.247. The predicted molar refractivity (Wildman–Crippen MR) is 126 cm³/mol. The van der Waals surface area contributed by atoms with Gasteiger partial charge in [0.2, 0.25) is 0 Å². The molecule has 1 amide bonds. The number of hydrogen-bond donors (Lipinski definition) is 3. The highest BCUT2D eigenvalue weighted by Crippen LogP contribution is 2.35. The fraction of sp³-hybridized carbons (Fsp3) is 0.391. The molecule has 1 aromatic carbocycles. The van der Waals surface area contributed by atoms with Crippen molar-refractivity contribution in [1.29, 1.82) is 5.26 Å². The van der Waals surface area contributed by atoms with E-state index in [1.165, 1.54) is 17.4 Å². The zero-order valence-electron chi connectivity index (χ0n) is 18.2. The molecular formula is C23H24FN7OS. The van der Waals surface area contributed by atoms with E-state index in [2.05, 4.69) is 31.6 Å². The van der Waals surface area contributed by atoms with Gasteiger partial charge in [0, 0.05) is 38.4 Å². The largest absolute Gasteiger partial charge is 0.396 e. The molecule has 1 fully saturated rings. The molecule has 0 bridgehead atoms. The van der Waals surface area contributed by atoms with Gasteiger partial charge < -0.3 is 21.3 Å². The highest BCUT2D eigenvalue weighted by Gasteiger charge is 2.29. The molecule has 4 N–H and O–H groups in total. The number of nitrogens with two attached hydrogens (primary N) is 1. The van der Waals surface area contributed by atoms with E-state index < -0.39 is 0 Å². The molecule has 0 radical (unpaired) electrons. The van der Waals surface area contributed by atoms with Gasteiger partial charge in [-0.05, 0) is 43.4 Å². The number of nitrogens with zero attached hydrogens (tertiary/aromatic N) is 4. The molecular weight excluding hydrogens is 441 g/mol. The van der Waals surface area contributed by atoms with E-state index in [0.29, 0.717) is 57.0 Å². The van der Waals surface area contributed by atoms with Gasteiger partial charge in [0.05, 0.1) is 22.6 Å². The molecule has 0 spiro atoms. The maximum atomic E-state index is 15.2. The zero-order chi connectivity index (χ0) is 23.1. The van der Waals surface area contributed by atoms with Crippen molar-refractivity contribution in [3.05, 3.63) is 45.3 Å². The molecule has 3 aromatic rings. The topological polar surface area (TPSA) is 120 Å². The number of piperazine rings is 1. The van der Waals surface area contributed by atoms with Crippen LogP contribution in [0.2, 0.25) is 0 Å². The maximum absolute atomic E-state index is 15.2. The third-order valence-corrected chi connectivity index (χ3v) is 7.43. The van der Waals surface area contributed by atoms with Crippen LogP contribution in [0.1, 0.15) is 38.5 Å². The Morgan fingerprint density at radius 1 is 1.39 bits per heavy atom. The van der Waals surface area contributed by atoms with E-state index in [0.717, 1.165) is 37.4 Å². The Labute approximate surface area is 194 Å². The number of fused-ring (bicyclic) bond motifs is 2. The minimum Gasteiger partial charge on any atom is -0.396 e. The van der Waals surface area contributed by atoms with Crippen LogP contribution in [0.25, 0.3) is 10.3 Å². The molecule has 3 heterocycles. The van der Waals surface area contributed by atoms with E-state index >= 15 is 4.39 Å². The van der Waals surface area contributed by atoms with Gasteiger partial charge in [0.25, 0.3) is 5.91 Å². The number of nitrogens with one attached hydrogen (secondary N) is 2. The quantitative estimate of drug-likeness (QED) is 0.543. The SMILES string of the molecule is Cc1cnc2c(N)c(C(=O)N[C@H]3CCc4c(C#N)c(N5CCNCC5)cc(F)c4C3)sc2n1. The summed E-state index contributed by atoms with van der Waals surface area (Å²) >= 11 is 1.21. The first-order chi connectivity index (χ1) is 16.0. The van der Waals surface area contributed by atoms with Crippen molar-refractivity contribution < 1.29 is 9.18 Å². The van der Waals surface area contributed by atoms with Gasteiger partial charge >= 0.3 is 0 Å². The number of aromatic nitrogens is 2. The fourth-order valence-electron chi connectivity index (χ4n) is 4.69. The van der Waals surface area contributed by atoms with Gasteiger partial charge in [-0.1, -0.05) is 0 Å². The Hall–Kier alpha value is -3.29. The molecule has 1 aliphatic carbocycles. The molecule has 0 saturated carbocycles. The average Bonchev–Trinajstić information content (AvgIpc) is 3.15. The van der Waals surface area contributed by atoms with Crippen LogP contribution < -0.4 is 21.3 Å². The van der Waals surface area contributed by atoms with Crippen LogP contribution in [0, 0.1) is 24.1 Å². The molecule has 170 valence electrons. The molecule has 1 aliphatic heterocycles. The number of benzene rings is 1. The molecule has 1 atom stereocenters. The molecule has 2 aromatic heterocycles. The van der Waals surface area contributed by atoms with Crippen LogP contribution in [-0.2, 0) is 12.8 Å². The summed E-state index contributed by atoms with van der Waals surface area (Å²) in [5.74, 6) is -0.622. The Morgan fingerprint density at radius 2 is 2.18 bits per heavy atom. The van der Waals surface area contributed by atoms with Crippen LogP contribution in [-0.4, -0.2) is 48.1 Å².